The van der Waals surface area contributed by atoms with Crippen molar-refractivity contribution >= 4 is 18.3 Å². The number of nitrogens with two attached hydrogens (primary N) is 1. The lowest BCUT2D eigenvalue weighted by Crippen LogP contribution is -2.53. The molecule has 2 unspecified atom stereocenters. The molecule has 0 aromatic carbocycles. The van der Waals surface area contributed by atoms with E-state index in [2.05, 4.69) is 24.1 Å². The van der Waals surface area contributed by atoms with Gasteiger partial charge in [-0.3, -0.25) is 9.69 Å². The lowest BCUT2D eigenvalue weighted by Gasteiger charge is -2.35. The molecule has 18 heavy (non-hydrogen) atoms. The Morgan fingerprint density at radius 2 is 2.17 bits per heavy atom. The summed E-state index contributed by atoms with van der Waals surface area (Å²) in [5.41, 5.74) is 5.59. The molecule has 1 aliphatic heterocycles. The predicted octanol–water partition coefficient (Wildman–Crippen LogP) is 0.228. The molecule has 0 aromatic rings. The quantitative estimate of drug-likeness (QED) is 0.756. The van der Waals surface area contributed by atoms with Gasteiger partial charge in [-0.25, -0.2) is 0 Å². The topological polar surface area (TPSA) is 67.6 Å². The van der Waals surface area contributed by atoms with E-state index in [1.807, 2.05) is 6.92 Å². The van der Waals surface area contributed by atoms with Crippen LogP contribution in [0.2, 0.25) is 0 Å². The summed E-state index contributed by atoms with van der Waals surface area (Å²) in [6, 6.07) is -0.105. The molecule has 1 aliphatic rings. The molecule has 6 heteroatoms. The van der Waals surface area contributed by atoms with Crippen LogP contribution in [-0.2, 0) is 9.53 Å². The summed E-state index contributed by atoms with van der Waals surface area (Å²) >= 11 is 0. The molecule has 0 bridgehead atoms. The van der Waals surface area contributed by atoms with Gasteiger partial charge in [0.25, 0.3) is 0 Å². The van der Waals surface area contributed by atoms with Crippen LogP contribution in [0.4, 0.5) is 0 Å². The van der Waals surface area contributed by atoms with E-state index in [-0.39, 0.29) is 30.5 Å². The van der Waals surface area contributed by atoms with Gasteiger partial charge in [0.2, 0.25) is 5.91 Å². The molecule has 5 nitrogen and oxygen atoms in total. The summed E-state index contributed by atoms with van der Waals surface area (Å²) < 4.78 is 5.49. The normalized spacial score (nSPS) is 22.4. The summed E-state index contributed by atoms with van der Waals surface area (Å²) in [4.78, 5) is 14.1. The highest BCUT2D eigenvalue weighted by atomic mass is 35.5. The number of rotatable bonds is 5. The van der Waals surface area contributed by atoms with Crippen LogP contribution in [0.25, 0.3) is 0 Å². The lowest BCUT2D eigenvalue weighted by atomic mass is 10.2. The van der Waals surface area contributed by atoms with Gasteiger partial charge < -0.3 is 15.8 Å². The number of amides is 1. The highest BCUT2D eigenvalue weighted by molar-refractivity contribution is 5.85. The Balaban J connectivity index is 0.00000289. The van der Waals surface area contributed by atoms with Crippen LogP contribution in [0.15, 0.2) is 0 Å². The molecular weight excluding hydrogens is 254 g/mol. The highest BCUT2D eigenvalue weighted by Gasteiger charge is 2.27. The molecule has 2 atom stereocenters. The van der Waals surface area contributed by atoms with Gasteiger partial charge in [-0.05, 0) is 12.8 Å². The molecule has 1 rings (SSSR count). The minimum Gasteiger partial charge on any atom is -0.374 e. The number of hydrogen-bond donors (Lipinski definition) is 2. The van der Waals surface area contributed by atoms with Crippen LogP contribution in [0, 0.1) is 5.92 Å². The van der Waals surface area contributed by atoms with Gasteiger partial charge in [-0.1, -0.05) is 13.8 Å². The Morgan fingerprint density at radius 3 is 2.72 bits per heavy atom. The molecule has 0 radical (unpaired) electrons. The third-order valence-corrected chi connectivity index (χ3v) is 3.04. The number of carbonyl (C=O) groups excluding carboxylic acids is 1. The number of halogens is 1. The van der Waals surface area contributed by atoms with Crippen molar-refractivity contribution in [3.05, 3.63) is 0 Å². The van der Waals surface area contributed by atoms with E-state index >= 15 is 0 Å². The first-order valence-corrected chi connectivity index (χ1v) is 6.38. The average molecular weight is 280 g/mol. The SMILES string of the molecule is CC(C)CNC(=O)C(C)N1CCOC(CN)C1.Cl. The molecule has 1 amide bonds. The van der Waals surface area contributed by atoms with E-state index in [0.29, 0.717) is 19.1 Å². The number of morpholine rings is 1. The van der Waals surface area contributed by atoms with Crippen molar-refractivity contribution in [1.29, 1.82) is 0 Å². The summed E-state index contributed by atoms with van der Waals surface area (Å²) in [7, 11) is 0. The number of hydrogen-bond acceptors (Lipinski definition) is 4. The lowest BCUT2D eigenvalue weighted by molar-refractivity contribution is -0.129. The number of nitrogens with one attached hydrogen (secondary N) is 1. The van der Waals surface area contributed by atoms with Gasteiger partial charge in [-0.2, -0.15) is 0 Å². The number of carbonyl (C=O) groups is 1. The first-order valence-electron chi connectivity index (χ1n) is 6.38. The van der Waals surface area contributed by atoms with E-state index in [1.165, 1.54) is 0 Å². The van der Waals surface area contributed by atoms with Crippen LogP contribution in [0.3, 0.4) is 0 Å². The van der Waals surface area contributed by atoms with Crippen molar-refractivity contribution in [2.24, 2.45) is 11.7 Å². The van der Waals surface area contributed by atoms with Crippen molar-refractivity contribution in [1.82, 2.24) is 10.2 Å². The predicted molar refractivity (Wildman–Crippen MR) is 74.9 cm³/mol. The minimum absolute atomic E-state index is 0. The molecule has 1 heterocycles. The fraction of sp³-hybridized carbons (Fsp3) is 0.917. The minimum atomic E-state index is -0.105. The van der Waals surface area contributed by atoms with Crippen molar-refractivity contribution in [3.8, 4) is 0 Å². The monoisotopic (exact) mass is 279 g/mol. The number of ether oxygens (including phenoxy) is 1. The molecule has 0 saturated carbocycles. The Kier molecular flexibility index (Phi) is 8.52. The van der Waals surface area contributed by atoms with Gasteiger partial charge in [0.05, 0.1) is 18.8 Å². The fourth-order valence-corrected chi connectivity index (χ4v) is 1.85. The third kappa shape index (κ3) is 5.52. The van der Waals surface area contributed by atoms with Gasteiger partial charge in [0.15, 0.2) is 0 Å². The Labute approximate surface area is 116 Å². The second-order valence-corrected chi connectivity index (χ2v) is 5.04. The zero-order valence-electron chi connectivity index (χ0n) is 11.5. The van der Waals surface area contributed by atoms with E-state index in [9.17, 15) is 4.79 Å². The van der Waals surface area contributed by atoms with Crippen LogP contribution < -0.4 is 11.1 Å². The zero-order chi connectivity index (χ0) is 12.8. The van der Waals surface area contributed by atoms with E-state index in [4.69, 9.17) is 10.5 Å². The van der Waals surface area contributed by atoms with Gasteiger partial charge in [0.1, 0.15) is 0 Å². The molecule has 108 valence electrons. The second kappa shape index (κ2) is 8.69. The zero-order valence-corrected chi connectivity index (χ0v) is 12.3. The molecule has 1 saturated heterocycles. The Bertz CT molecular complexity index is 251. The molecule has 0 spiro atoms. The first kappa shape index (κ1) is 17.6. The van der Waals surface area contributed by atoms with Gasteiger partial charge in [-0.15, -0.1) is 12.4 Å². The van der Waals surface area contributed by atoms with Crippen molar-refractivity contribution in [3.63, 3.8) is 0 Å². The summed E-state index contributed by atoms with van der Waals surface area (Å²) in [5.74, 6) is 0.573. The first-order chi connectivity index (χ1) is 8.04. The van der Waals surface area contributed by atoms with Crippen LogP contribution in [0.5, 0.6) is 0 Å². The maximum Gasteiger partial charge on any atom is 0.237 e. The highest BCUT2D eigenvalue weighted by Crippen LogP contribution is 2.08. The van der Waals surface area contributed by atoms with Gasteiger partial charge >= 0.3 is 0 Å². The smallest absolute Gasteiger partial charge is 0.237 e. The standard InChI is InChI=1S/C12H25N3O2.ClH/c1-9(2)7-14-12(16)10(3)15-4-5-17-11(6-13)8-15;/h9-11H,4-8,13H2,1-3H3,(H,14,16);1H. The summed E-state index contributed by atoms with van der Waals surface area (Å²) in [6.07, 6.45) is 0.0594. The van der Waals surface area contributed by atoms with Crippen LogP contribution >= 0.6 is 12.4 Å². The average Bonchev–Trinajstić information content (AvgIpc) is 2.35. The molecular formula is C12H26ClN3O2. The van der Waals surface area contributed by atoms with E-state index in [0.717, 1.165) is 19.6 Å². The van der Waals surface area contributed by atoms with Crippen LogP contribution in [0.1, 0.15) is 20.8 Å². The fourth-order valence-electron chi connectivity index (χ4n) is 1.85. The Hall–Kier alpha value is -0.360. The van der Waals surface area contributed by atoms with E-state index in [1.54, 1.807) is 0 Å². The van der Waals surface area contributed by atoms with Crippen LogP contribution in [-0.4, -0.2) is 55.7 Å². The third-order valence-electron chi connectivity index (χ3n) is 3.04. The maximum absolute atomic E-state index is 11.9. The molecule has 0 aliphatic carbocycles. The van der Waals surface area contributed by atoms with E-state index < -0.39 is 0 Å². The molecule has 0 aromatic heterocycles. The van der Waals surface area contributed by atoms with Crippen molar-refractivity contribution < 1.29 is 9.53 Å². The van der Waals surface area contributed by atoms with Crippen molar-refractivity contribution in [2.75, 3.05) is 32.8 Å². The van der Waals surface area contributed by atoms with Crippen molar-refractivity contribution in [2.45, 2.75) is 32.9 Å². The summed E-state index contributed by atoms with van der Waals surface area (Å²) in [5, 5.41) is 2.96. The maximum atomic E-state index is 11.9. The largest absolute Gasteiger partial charge is 0.374 e. The molecule has 3 N–H and O–H groups in total. The molecule has 1 fully saturated rings. The second-order valence-electron chi connectivity index (χ2n) is 5.04. The Morgan fingerprint density at radius 1 is 1.50 bits per heavy atom. The number of nitrogens with zero attached hydrogens (tertiary/aromatic N) is 1. The summed E-state index contributed by atoms with van der Waals surface area (Å²) in [6.45, 7) is 9.55. The van der Waals surface area contributed by atoms with Gasteiger partial charge in [0, 0.05) is 26.2 Å².